The van der Waals surface area contributed by atoms with Crippen molar-refractivity contribution in [1.29, 1.82) is 0 Å². The zero-order chi connectivity index (χ0) is 21.9. The summed E-state index contributed by atoms with van der Waals surface area (Å²) in [6.07, 6.45) is -3.21. The van der Waals surface area contributed by atoms with Gasteiger partial charge in [0.05, 0.1) is 0 Å². The lowest BCUT2D eigenvalue weighted by Crippen LogP contribution is -2.47. The monoisotopic (exact) mass is 412 g/mol. The van der Waals surface area contributed by atoms with Gasteiger partial charge >= 0.3 is 23.6 Å². The molecule has 0 unspecified atom stereocenters. The average molecular weight is 412 g/mol. The zero-order valence-electron chi connectivity index (χ0n) is 16.1. The minimum atomic E-state index is -1.37. The van der Waals surface area contributed by atoms with Crippen LogP contribution in [0.15, 0.2) is 15.8 Å². The molecule has 1 aromatic heterocycles. The van der Waals surface area contributed by atoms with Crippen LogP contribution in [0.5, 0.6) is 0 Å². The summed E-state index contributed by atoms with van der Waals surface area (Å²) in [4.78, 5) is 73.7. The second-order valence-corrected chi connectivity index (χ2v) is 6.24. The van der Waals surface area contributed by atoms with Crippen molar-refractivity contribution in [1.82, 2.24) is 19.7 Å². The van der Waals surface area contributed by atoms with Crippen LogP contribution in [-0.4, -0.2) is 68.3 Å². The number of aromatic amines is 1. The molecule has 0 aliphatic carbocycles. The number of hydrogen-bond acceptors (Lipinski definition) is 10. The van der Waals surface area contributed by atoms with Crippen molar-refractivity contribution in [3.63, 3.8) is 0 Å². The molecule has 29 heavy (non-hydrogen) atoms. The Kier molecular flexibility index (Phi) is 6.51. The van der Waals surface area contributed by atoms with Crippen LogP contribution in [0, 0.1) is 0 Å². The summed E-state index contributed by atoms with van der Waals surface area (Å²) in [5.74, 6) is -2.82. The number of likely N-dealkylation sites (tertiary alicyclic amines) is 1. The van der Waals surface area contributed by atoms with E-state index in [1.807, 2.05) is 4.98 Å². The van der Waals surface area contributed by atoms with Crippen LogP contribution < -0.4 is 11.2 Å². The highest BCUT2D eigenvalue weighted by atomic mass is 16.6. The largest absolute Gasteiger partial charge is 0.464 e. The number of H-pyrrole nitrogens is 1. The van der Waals surface area contributed by atoms with E-state index in [4.69, 9.17) is 14.2 Å². The Hall–Kier alpha value is -3.51. The Morgan fingerprint density at radius 1 is 1.00 bits per heavy atom. The second-order valence-electron chi connectivity index (χ2n) is 6.24. The van der Waals surface area contributed by atoms with Crippen molar-refractivity contribution in [2.24, 2.45) is 0 Å². The molecule has 1 amide bonds. The molecular formula is C16H20N4O9. The maximum atomic E-state index is 12.4. The summed E-state index contributed by atoms with van der Waals surface area (Å²) in [7, 11) is 0. The Bertz CT molecular complexity index is 937. The SMILES string of the molecule is CC(=O)OC[C@@H]1[C@@H](OC(C)=O)[C@@H](OC(C)=O)[C@H](n2ncc(=O)[nH]c2=O)N1C(C)=O. The minimum absolute atomic E-state index is 0.404. The topological polar surface area (TPSA) is 167 Å². The molecule has 2 heterocycles. The lowest BCUT2D eigenvalue weighted by molar-refractivity contribution is -0.166. The van der Waals surface area contributed by atoms with E-state index < -0.39 is 66.1 Å². The van der Waals surface area contributed by atoms with Gasteiger partial charge in [-0.15, -0.1) is 0 Å². The number of ether oxygens (including phenoxy) is 3. The number of rotatable bonds is 5. The Morgan fingerprint density at radius 2 is 1.59 bits per heavy atom. The van der Waals surface area contributed by atoms with Crippen LogP contribution in [0.25, 0.3) is 0 Å². The molecule has 13 heteroatoms. The molecule has 0 bridgehead atoms. The number of carbonyl (C=O) groups excluding carboxylic acids is 4. The van der Waals surface area contributed by atoms with Crippen molar-refractivity contribution in [3.05, 3.63) is 27.0 Å². The number of carbonyl (C=O) groups is 4. The van der Waals surface area contributed by atoms with Crippen LogP contribution in [0.2, 0.25) is 0 Å². The first-order chi connectivity index (χ1) is 13.5. The number of hydrogen-bond donors (Lipinski definition) is 1. The van der Waals surface area contributed by atoms with Crippen LogP contribution in [0.1, 0.15) is 33.9 Å². The molecule has 1 fully saturated rings. The summed E-state index contributed by atoms with van der Waals surface area (Å²) in [6.45, 7) is 4.08. The molecule has 13 nitrogen and oxygen atoms in total. The van der Waals surface area contributed by atoms with Crippen LogP contribution in [0.3, 0.4) is 0 Å². The highest BCUT2D eigenvalue weighted by Crippen LogP contribution is 2.36. The number of nitrogens with zero attached hydrogens (tertiary/aromatic N) is 3. The fourth-order valence-corrected chi connectivity index (χ4v) is 3.16. The number of aromatic nitrogens is 3. The highest BCUT2D eigenvalue weighted by Gasteiger charge is 2.56. The van der Waals surface area contributed by atoms with Crippen molar-refractivity contribution < 1.29 is 33.4 Å². The van der Waals surface area contributed by atoms with Gasteiger partial charge in [0.1, 0.15) is 18.8 Å². The first-order valence-electron chi connectivity index (χ1n) is 8.47. The average Bonchev–Trinajstić information content (AvgIpc) is 2.85. The Balaban J connectivity index is 2.66. The Labute approximate surface area is 163 Å². The standard InChI is InChI=1S/C16H20N4O9/c1-7(21)19-11(6-27-8(2)22)13(28-9(3)23)14(29-10(4)24)15(19)20-16(26)18-12(25)5-17-20/h5,11,13-15H,6H2,1-4H3,(H,18,25,26)/t11-,13-,14-,15+/m1/s1. The van der Waals surface area contributed by atoms with E-state index in [0.717, 1.165) is 43.5 Å². The predicted molar refractivity (Wildman–Crippen MR) is 92.2 cm³/mol. The predicted octanol–water partition coefficient (Wildman–Crippen LogP) is -1.91. The third kappa shape index (κ3) is 4.86. The summed E-state index contributed by atoms with van der Waals surface area (Å²) in [6, 6.07) is -1.09. The third-order valence-corrected chi connectivity index (χ3v) is 4.05. The summed E-state index contributed by atoms with van der Waals surface area (Å²) >= 11 is 0. The summed E-state index contributed by atoms with van der Waals surface area (Å²) < 4.78 is 16.2. The first kappa shape index (κ1) is 21.8. The quantitative estimate of drug-likeness (QED) is 0.425. The Morgan fingerprint density at radius 3 is 2.07 bits per heavy atom. The van der Waals surface area contributed by atoms with Gasteiger partial charge in [-0.3, -0.25) is 29.0 Å². The lowest BCUT2D eigenvalue weighted by Gasteiger charge is -2.29. The molecule has 158 valence electrons. The van der Waals surface area contributed by atoms with Gasteiger partial charge in [0.2, 0.25) is 5.91 Å². The molecular weight excluding hydrogens is 392 g/mol. The fourth-order valence-electron chi connectivity index (χ4n) is 3.16. The second kappa shape index (κ2) is 8.67. The van der Waals surface area contributed by atoms with Crippen LogP contribution >= 0.6 is 0 Å². The molecule has 0 aromatic carbocycles. The van der Waals surface area contributed by atoms with Crippen molar-refractivity contribution >= 4 is 23.8 Å². The van der Waals surface area contributed by atoms with Crippen LogP contribution in [-0.2, 0) is 33.4 Å². The third-order valence-electron chi connectivity index (χ3n) is 4.05. The van der Waals surface area contributed by atoms with Gasteiger partial charge in [0.25, 0.3) is 5.56 Å². The number of esters is 3. The molecule has 1 saturated heterocycles. The molecule has 1 aliphatic heterocycles. The summed E-state index contributed by atoms with van der Waals surface area (Å²) in [5.41, 5.74) is -1.77. The van der Waals surface area contributed by atoms with Gasteiger partial charge in [-0.2, -0.15) is 9.78 Å². The molecule has 1 aliphatic rings. The summed E-state index contributed by atoms with van der Waals surface area (Å²) in [5, 5.41) is 3.72. The molecule has 0 saturated carbocycles. The first-order valence-corrected chi connectivity index (χ1v) is 8.47. The molecule has 4 atom stereocenters. The maximum Gasteiger partial charge on any atom is 0.346 e. The number of amides is 1. The highest BCUT2D eigenvalue weighted by molar-refractivity contribution is 5.75. The molecule has 0 spiro atoms. The van der Waals surface area contributed by atoms with Crippen LogP contribution in [0.4, 0.5) is 0 Å². The smallest absolute Gasteiger partial charge is 0.346 e. The number of nitrogens with one attached hydrogen (secondary N) is 1. The van der Waals surface area contributed by atoms with Crippen molar-refractivity contribution in [2.45, 2.75) is 52.1 Å². The minimum Gasteiger partial charge on any atom is -0.464 e. The zero-order valence-corrected chi connectivity index (χ0v) is 16.1. The van der Waals surface area contributed by atoms with Gasteiger partial charge in [-0.25, -0.2) is 4.79 Å². The van der Waals surface area contributed by atoms with E-state index >= 15 is 0 Å². The van der Waals surface area contributed by atoms with E-state index in [2.05, 4.69) is 5.10 Å². The fraction of sp³-hybridized carbons (Fsp3) is 0.562. The normalized spacial score (nSPS) is 23.4. The maximum absolute atomic E-state index is 12.4. The van der Waals surface area contributed by atoms with Gasteiger partial charge < -0.3 is 19.1 Å². The van der Waals surface area contributed by atoms with E-state index in [1.165, 1.54) is 0 Å². The van der Waals surface area contributed by atoms with Crippen molar-refractivity contribution in [2.75, 3.05) is 6.61 Å². The molecule has 1 N–H and O–H groups in total. The van der Waals surface area contributed by atoms with E-state index in [-0.39, 0.29) is 0 Å². The van der Waals surface area contributed by atoms with E-state index in [0.29, 0.717) is 0 Å². The van der Waals surface area contributed by atoms with Gasteiger partial charge in [0.15, 0.2) is 18.4 Å². The van der Waals surface area contributed by atoms with E-state index in [9.17, 15) is 28.8 Å². The van der Waals surface area contributed by atoms with Crippen molar-refractivity contribution in [3.8, 4) is 0 Å². The molecule has 2 rings (SSSR count). The molecule has 0 radical (unpaired) electrons. The van der Waals surface area contributed by atoms with E-state index in [1.54, 1.807) is 0 Å². The van der Waals surface area contributed by atoms with Gasteiger partial charge in [-0.1, -0.05) is 0 Å². The lowest BCUT2D eigenvalue weighted by atomic mass is 10.1. The van der Waals surface area contributed by atoms with Gasteiger partial charge in [0, 0.05) is 27.7 Å². The van der Waals surface area contributed by atoms with Gasteiger partial charge in [-0.05, 0) is 0 Å². The molecule has 1 aromatic rings.